The van der Waals surface area contributed by atoms with E-state index < -0.39 is 0 Å². The molecule has 0 aromatic heterocycles. The molecule has 0 radical (unpaired) electrons. The SMILES string of the molecule is CC1CC(C)C(N(C)C(C)C2CC2)C(N)C1. The Labute approximate surface area is 101 Å². The maximum atomic E-state index is 6.38. The van der Waals surface area contributed by atoms with Gasteiger partial charge in [-0.3, -0.25) is 4.90 Å². The van der Waals surface area contributed by atoms with Crippen LogP contribution in [-0.2, 0) is 0 Å². The van der Waals surface area contributed by atoms with E-state index in [4.69, 9.17) is 5.73 Å². The van der Waals surface area contributed by atoms with Crippen molar-refractivity contribution in [1.82, 2.24) is 4.90 Å². The first-order valence-electron chi connectivity index (χ1n) is 6.98. The molecule has 16 heavy (non-hydrogen) atoms. The average molecular weight is 224 g/mol. The molecule has 0 saturated heterocycles. The standard InChI is InChI=1S/C14H28N2/c1-9-7-10(2)14(13(15)8-9)16(4)11(3)12-5-6-12/h9-14H,5-8,15H2,1-4H3. The summed E-state index contributed by atoms with van der Waals surface area (Å²) in [5.41, 5.74) is 6.38. The Kier molecular flexibility index (Phi) is 3.60. The van der Waals surface area contributed by atoms with Gasteiger partial charge in [0.2, 0.25) is 0 Å². The second-order valence-corrected chi connectivity index (χ2v) is 6.45. The summed E-state index contributed by atoms with van der Waals surface area (Å²) in [4.78, 5) is 2.58. The molecular formula is C14H28N2. The maximum absolute atomic E-state index is 6.38. The second kappa shape index (κ2) is 4.66. The highest BCUT2D eigenvalue weighted by atomic mass is 15.2. The first-order valence-corrected chi connectivity index (χ1v) is 6.98. The zero-order chi connectivity index (χ0) is 11.9. The number of likely N-dealkylation sites (N-methyl/N-ethyl adjacent to an activating group) is 1. The van der Waals surface area contributed by atoms with E-state index in [2.05, 4.69) is 32.7 Å². The summed E-state index contributed by atoms with van der Waals surface area (Å²) in [6, 6.07) is 1.71. The minimum atomic E-state index is 0.380. The molecule has 0 heterocycles. The van der Waals surface area contributed by atoms with Gasteiger partial charge < -0.3 is 5.73 Å². The highest BCUT2D eigenvalue weighted by molar-refractivity contribution is 4.95. The summed E-state index contributed by atoms with van der Waals surface area (Å²) in [6.07, 6.45) is 5.41. The molecular weight excluding hydrogens is 196 g/mol. The van der Waals surface area contributed by atoms with Gasteiger partial charge in [-0.25, -0.2) is 0 Å². The van der Waals surface area contributed by atoms with Crippen LogP contribution >= 0.6 is 0 Å². The minimum Gasteiger partial charge on any atom is -0.326 e. The Hall–Kier alpha value is -0.0800. The molecule has 0 spiro atoms. The van der Waals surface area contributed by atoms with Gasteiger partial charge in [0.1, 0.15) is 0 Å². The van der Waals surface area contributed by atoms with Crippen molar-refractivity contribution in [1.29, 1.82) is 0 Å². The van der Waals surface area contributed by atoms with Gasteiger partial charge in [0, 0.05) is 18.1 Å². The summed E-state index contributed by atoms with van der Waals surface area (Å²) in [6.45, 7) is 7.11. The predicted octanol–water partition coefficient (Wildman–Crippen LogP) is 2.48. The van der Waals surface area contributed by atoms with Crippen LogP contribution in [0.3, 0.4) is 0 Å². The Morgan fingerprint density at radius 3 is 2.31 bits per heavy atom. The molecule has 5 atom stereocenters. The van der Waals surface area contributed by atoms with Gasteiger partial charge in [-0.15, -0.1) is 0 Å². The summed E-state index contributed by atoms with van der Waals surface area (Å²) in [5, 5.41) is 0. The van der Waals surface area contributed by atoms with Crippen molar-refractivity contribution in [3.05, 3.63) is 0 Å². The highest BCUT2D eigenvalue weighted by Gasteiger charge is 2.39. The van der Waals surface area contributed by atoms with Crippen LogP contribution in [0.2, 0.25) is 0 Å². The van der Waals surface area contributed by atoms with E-state index in [1.165, 1.54) is 25.7 Å². The molecule has 2 saturated carbocycles. The lowest BCUT2D eigenvalue weighted by molar-refractivity contribution is 0.0617. The first-order chi connectivity index (χ1) is 7.50. The third kappa shape index (κ3) is 2.43. The van der Waals surface area contributed by atoms with E-state index >= 15 is 0 Å². The van der Waals surface area contributed by atoms with Crippen molar-refractivity contribution in [2.75, 3.05) is 7.05 Å². The van der Waals surface area contributed by atoms with Gasteiger partial charge in [-0.05, 0) is 57.4 Å². The lowest BCUT2D eigenvalue weighted by atomic mass is 9.76. The van der Waals surface area contributed by atoms with E-state index in [0.29, 0.717) is 12.1 Å². The molecule has 2 rings (SSSR count). The zero-order valence-electron chi connectivity index (χ0n) is 11.3. The molecule has 0 aromatic rings. The quantitative estimate of drug-likeness (QED) is 0.798. The second-order valence-electron chi connectivity index (χ2n) is 6.45. The van der Waals surface area contributed by atoms with Crippen molar-refractivity contribution in [2.45, 2.75) is 64.6 Å². The molecule has 2 aliphatic carbocycles. The summed E-state index contributed by atoms with van der Waals surface area (Å²) < 4.78 is 0. The summed E-state index contributed by atoms with van der Waals surface area (Å²) >= 11 is 0. The first kappa shape index (κ1) is 12.4. The van der Waals surface area contributed by atoms with Gasteiger partial charge in [0.25, 0.3) is 0 Å². The molecule has 5 unspecified atom stereocenters. The smallest absolute Gasteiger partial charge is 0.0272 e. The molecule has 0 aliphatic heterocycles. The molecule has 94 valence electrons. The Morgan fingerprint density at radius 2 is 1.81 bits per heavy atom. The number of hydrogen-bond donors (Lipinski definition) is 1. The van der Waals surface area contributed by atoms with Crippen molar-refractivity contribution in [2.24, 2.45) is 23.5 Å². The van der Waals surface area contributed by atoms with Crippen LogP contribution in [0.25, 0.3) is 0 Å². The molecule has 2 N–H and O–H groups in total. The molecule has 0 amide bonds. The Balaban J connectivity index is 2.00. The normalized spacial score (nSPS) is 42.4. The number of rotatable bonds is 3. The van der Waals surface area contributed by atoms with Crippen molar-refractivity contribution < 1.29 is 0 Å². The summed E-state index contributed by atoms with van der Waals surface area (Å²) in [7, 11) is 2.29. The van der Waals surface area contributed by atoms with Crippen LogP contribution in [-0.4, -0.2) is 30.1 Å². The van der Waals surface area contributed by atoms with Crippen molar-refractivity contribution in [3.63, 3.8) is 0 Å². The Morgan fingerprint density at radius 1 is 1.19 bits per heavy atom. The van der Waals surface area contributed by atoms with Gasteiger partial charge in [0.15, 0.2) is 0 Å². The van der Waals surface area contributed by atoms with E-state index in [1.54, 1.807) is 0 Å². The molecule has 2 heteroatoms. The number of nitrogens with zero attached hydrogens (tertiary/aromatic N) is 1. The van der Waals surface area contributed by atoms with Crippen LogP contribution in [0.4, 0.5) is 0 Å². The molecule has 2 nitrogen and oxygen atoms in total. The third-order valence-electron chi connectivity index (χ3n) is 4.89. The minimum absolute atomic E-state index is 0.380. The fraction of sp³-hybridized carbons (Fsp3) is 1.00. The van der Waals surface area contributed by atoms with Crippen molar-refractivity contribution in [3.8, 4) is 0 Å². The van der Waals surface area contributed by atoms with Crippen LogP contribution in [0, 0.1) is 17.8 Å². The fourth-order valence-electron chi connectivity index (χ4n) is 3.78. The van der Waals surface area contributed by atoms with Gasteiger partial charge in [0.05, 0.1) is 0 Å². The number of hydrogen-bond acceptors (Lipinski definition) is 2. The topological polar surface area (TPSA) is 29.3 Å². The Bertz CT molecular complexity index is 225. The van der Waals surface area contributed by atoms with E-state index in [9.17, 15) is 0 Å². The molecule has 0 aromatic carbocycles. The van der Waals surface area contributed by atoms with E-state index in [0.717, 1.165) is 23.8 Å². The van der Waals surface area contributed by atoms with Gasteiger partial charge in [-0.1, -0.05) is 13.8 Å². The molecule has 2 aliphatic rings. The van der Waals surface area contributed by atoms with Crippen LogP contribution in [0.15, 0.2) is 0 Å². The average Bonchev–Trinajstić information content (AvgIpc) is 2.97. The van der Waals surface area contributed by atoms with Gasteiger partial charge in [-0.2, -0.15) is 0 Å². The fourth-order valence-corrected chi connectivity index (χ4v) is 3.78. The third-order valence-corrected chi connectivity index (χ3v) is 4.89. The van der Waals surface area contributed by atoms with Crippen molar-refractivity contribution >= 4 is 0 Å². The highest BCUT2D eigenvalue weighted by Crippen LogP contribution is 2.38. The van der Waals surface area contributed by atoms with Gasteiger partial charge >= 0.3 is 0 Å². The monoisotopic (exact) mass is 224 g/mol. The maximum Gasteiger partial charge on any atom is 0.0272 e. The summed E-state index contributed by atoms with van der Waals surface area (Å²) in [5.74, 6) is 2.51. The van der Waals surface area contributed by atoms with Crippen LogP contribution in [0.1, 0.15) is 46.5 Å². The van der Waals surface area contributed by atoms with E-state index in [1.807, 2.05) is 0 Å². The zero-order valence-corrected chi connectivity index (χ0v) is 11.3. The largest absolute Gasteiger partial charge is 0.326 e. The van der Waals surface area contributed by atoms with Crippen LogP contribution in [0.5, 0.6) is 0 Å². The number of nitrogens with two attached hydrogens (primary N) is 1. The molecule has 2 fully saturated rings. The van der Waals surface area contributed by atoms with Crippen LogP contribution < -0.4 is 5.73 Å². The van der Waals surface area contributed by atoms with E-state index in [-0.39, 0.29) is 0 Å². The molecule has 0 bridgehead atoms. The predicted molar refractivity (Wildman–Crippen MR) is 69.3 cm³/mol. The lowest BCUT2D eigenvalue weighted by Crippen LogP contribution is -2.56. The lowest BCUT2D eigenvalue weighted by Gasteiger charge is -2.45.